The molecule has 0 atom stereocenters. The summed E-state index contributed by atoms with van der Waals surface area (Å²) in [6, 6.07) is 10.8. The smallest absolute Gasteiger partial charge is 0.320 e. The van der Waals surface area contributed by atoms with Crippen LogP contribution in [0.3, 0.4) is 0 Å². The summed E-state index contributed by atoms with van der Waals surface area (Å²) in [5.74, 6) is -0.494. The molecule has 2 aromatic carbocycles. The van der Waals surface area contributed by atoms with Crippen LogP contribution in [0.5, 0.6) is 0 Å². The standard InChI is InChI=1S/C17H13N7O4/c1-9-15(21-22-23(9)11-3-2-4-12(8-11)24(27)28)16(25)18-10-5-6-13-14(7-10)20-17(26)19-13/h2-8H,1H3,(H,18,25)(H2,19,20,26). The number of imidazole rings is 1. The summed E-state index contributed by atoms with van der Waals surface area (Å²) in [6.45, 7) is 1.64. The predicted octanol–water partition coefficient (Wildman–Crippen LogP) is 1.91. The molecule has 1 amide bonds. The highest BCUT2D eigenvalue weighted by atomic mass is 16.6. The summed E-state index contributed by atoms with van der Waals surface area (Å²) in [4.78, 5) is 39.6. The van der Waals surface area contributed by atoms with Gasteiger partial charge in [-0.2, -0.15) is 0 Å². The molecular weight excluding hydrogens is 366 g/mol. The number of nitro groups is 1. The van der Waals surface area contributed by atoms with Gasteiger partial charge < -0.3 is 15.3 Å². The summed E-state index contributed by atoms with van der Waals surface area (Å²) >= 11 is 0. The van der Waals surface area contributed by atoms with Crippen LogP contribution in [0.25, 0.3) is 16.7 Å². The first-order chi connectivity index (χ1) is 13.4. The minimum absolute atomic E-state index is 0.0779. The van der Waals surface area contributed by atoms with E-state index in [-0.39, 0.29) is 17.1 Å². The van der Waals surface area contributed by atoms with Crippen LogP contribution in [0.2, 0.25) is 0 Å². The van der Waals surface area contributed by atoms with E-state index >= 15 is 0 Å². The quantitative estimate of drug-likeness (QED) is 0.364. The van der Waals surface area contributed by atoms with Gasteiger partial charge in [0, 0.05) is 17.8 Å². The average Bonchev–Trinajstić information content (AvgIpc) is 3.23. The summed E-state index contributed by atoms with van der Waals surface area (Å²) in [5, 5.41) is 21.5. The van der Waals surface area contributed by atoms with Crippen molar-refractivity contribution in [2.45, 2.75) is 6.92 Å². The van der Waals surface area contributed by atoms with E-state index in [0.717, 1.165) is 0 Å². The Morgan fingerprint density at radius 3 is 2.75 bits per heavy atom. The molecule has 11 heteroatoms. The Bertz CT molecular complexity index is 1280. The van der Waals surface area contributed by atoms with Crippen LogP contribution in [0, 0.1) is 17.0 Å². The topological polar surface area (TPSA) is 152 Å². The van der Waals surface area contributed by atoms with Crippen molar-refractivity contribution in [2.75, 3.05) is 5.32 Å². The maximum absolute atomic E-state index is 12.6. The van der Waals surface area contributed by atoms with Crippen molar-refractivity contribution in [2.24, 2.45) is 0 Å². The molecule has 11 nitrogen and oxygen atoms in total. The van der Waals surface area contributed by atoms with E-state index in [4.69, 9.17) is 0 Å². The molecular formula is C17H13N7O4. The molecule has 4 rings (SSSR count). The number of hydrogen-bond donors (Lipinski definition) is 3. The number of non-ortho nitro benzene ring substituents is 1. The zero-order chi connectivity index (χ0) is 19.8. The third kappa shape index (κ3) is 3.00. The van der Waals surface area contributed by atoms with Gasteiger partial charge in [-0.05, 0) is 31.2 Å². The molecule has 4 aromatic rings. The van der Waals surface area contributed by atoms with Crippen LogP contribution < -0.4 is 11.0 Å². The summed E-state index contributed by atoms with van der Waals surface area (Å²) in [6.07, 6.45) is 0. The molecule has 0 aliphatic carbocycles. The van der Waals surface area contributed by atoms with Gasteiger partial charge in [-0.1, -0.05) is 11.3 Å². The van der Waals surface area contributed by atoms with Gasteiger partial charge >= 0.3 is 5.69 Å². The van der Waals surface area contributed by atoms with Crippen LogP contribution in [0.15, 0.2) is 47.3 Å². The highest BCUT2D eigenvalue weighted by molar-refractivity contribution is 6.04. The molecule has 0 unspecified atom stereocenters. The number of hydrogen-bond acceptors (Lipinski definition) is 6. The fraction of sp³-hybridized carbons (Fsp3) is 0.0588. The maximum Gasteiger partial charge on any atom is 0.323 e. The van der Waals surface area contributed by atoms with E-state index in [2.05, 4.69) is 25.6 Å². The van der Waals surface area contributed by atoms with Gasteiger partial charge in [-0.3, -0.25) is 14.9 Å². The third-order valence-electron chi connectivity index (χ3n) is 4.17. The van der Waals surface area contributed by atoms with Crippen molar-refractivity contribution in [3.8, 4) is 5.69 Å². The minimum Gasteiger partial charge on any atom is -0.320 e. The monoisotopic (exact) mass is 379 g/mol. The molecule has 28 heavy (non-hydrogen) atoms. The normalized spacial score (nSPS) is 10.9. The first-order valence-corrected chi connectivity index (χ1v) is 8.13. The summed E-state index contributed by atoms with van der Waals surface area (Å²) in [5.41, 5.74) is 2.14. The molecule has 0 bridgehead atoms. The number of amides is 1. The summed E-state index contributed by atoms with van der Waals surface area (Å²) in [7, 11) is 0. The number of carbonyl (C=O) groups excluding carboxylic acids is 1. The second kappa shape index (κ2) is 6.46. The number of aromatic nitrogens is 5. The number of nitrogens with zero attached hydrogens (tertiary/aromatic N) is 4. The van der Waals surface area contributed by atoms with Gasteiger partial charge in [0.05, 0.1) is 27.3 Å². The number of rotatable bonds is 4. The van der Waals surface area contributed by atoms with Gasteiger partial charge in [0.2, 0.25) is 0 Å². The second-order valence-corrected chi connectivity index (χ2v) is 6.01. The van der Waals surface area contributed by atoms with Crippen molar-refractivity contribution >= 4 is 28.3 Å². The Morgan fingerprint density at radius 2 is 1.96 bits per heavy atom. The zero-order valence-corrected chi connectivity index (χ0v) is 14.5. The number of H-pyrrole nitrogens is 2. The van der Waals surface area contributed by atoms with Crippen LogP contribution in [-0.2, 0) is 0 Å². The Balaban J connectivity index is 1.62. The van der Waals surface area contributed by atoms with E-state index in [0.29, 0.717) is 28.1 Å². The molecule has 3 N–H and O–H groups in total. The minimum atomic E-state index is -0.509. The number of carbonyl (C=O) groups is 1. The van der Waals surface area contributed by atoms with Crippen molar-refractivity contribution < 1.29 is 9.72 Å². The number of benzene rings is 2. The van der Waals surface area contributed by atoms with Crippen LogP contribution in [-0.4, -0.2) is 35.8 Å². The molecule has 0 radical (unpaired) electrons. The van der Waals surface area contributed by atoms with Gasteiger partial charge in [0.1, 0.15) is 0 Å². The number of anilines is 1. The van der Waals surface area contributed by atoms with Crippen LogP contribution in [0.1, 0.15) is 16.2 Å². The van der Waals surface area contributed by atoms with E-state index in [1.807, 2.05) is 0 Å². The SMILES string of the molecule is Cc1c(C(=O)Nc2ccc3[nH]c(=O)[nH]c3c2)nnn1-c1cccc([N+](=O)[O-])c1. The Morgan fingerprint density at radius 1 is 1.18 bits per heavy atom. The predicted molar refractivity (Wildman–Crippen MR) is 99.6 cm³/mol. The van der Waals surface area contributed by atoms with Crippen molar-refractivity contribution in [1.82, 2.24) is 25.0 Å². The first kappa shape index (κ1) is 17.1. The van der Waals surface area contributed by atoms with Crippen molar-refractivity contribution in [1.29, 1.82) is 0 Å². The molecule has 2 aromatic heterocycles. The average molecular weight is 379 g/mol. The first-order valence-electron chi connectivity index (χ1n) is 8.13. The van der Waals surface area contributed by atoms with Gasteiger partial charge in [0.15, 0.2) is 5.69 Å². The van der Waals surface area contributed by atoms with E-state index in [9.17, 15) is 19.7 Å². The summed E-state index contributed by atoms with van der Waals surface area (Å²) < 4.78 is 1.36. The molecule has 0 spiro atoms. The molecule has 2 heterocycles. The van der Waals surface area contributed by atoms with Crippen molar-refractivity contribution in [3.63, 3.8) is 0 Å². The molecule has 0 aliphatic heterocycles. The number of fused-ring (bicyclic) bond motifs is 1. The Labute approximate surface area is 156 Å². The number of aromatic amines is 2. The van der Waals surface area contributed by atoms with Crippen molar-refractivity contribution in [3.05, 3.63) is 74.5 Å². The molecule has 140 valence electrons. The third-order valence-corrected chi connectivity index (χ3v) is 4.17. The largest absolute Gasteiger partial charge is 0.323 e. The Hall–Kier alpha value is -4.28. The molecule has 0 fully saturated rings. The number of nitro benzene ring substituents is 1. The lowest BCUT2D eigenvalue weighted by Gasteiger charge is -2.05. The second-order valence-electron chi connectivity index (χ2n) is 6.01. The van der Waals surface area contributed by atoms with Gasteiger partial charge in [0.25, 0.3) is 11.6 Å². The van der Waals surface area contributed by atoms with Gasteiger partial charge in [-0.15, -0.1) is 5.10 Å². The maximum atomic E-state index is 12.6. The highest BCUT2D eigenvalue weighted by Gasteiger charge is 2.19. The molecule has 0 saturated heterocycles. The number of nitrogens with one attached hydrogen (secondary N) is 3. The van der Waals surface area contributed by atoms with Crippen LogP contribution >= 0.6 is 0 Å². The lowest BCUT2D eigenvalue weighted by molar-refractivity contribution is -0.384. The van der Waals surface area contributed by atoms with Gasteiger partial charge in [-0.25, -0.2) is 9.48 Å². The zero-order valence-electron chi connectivity index (χ0n) is 14.5. The van der Waals surface area contributed by atoms with E-state index in [1.165, 1.54) is 22.9 Å². The fourth-order valence-electron chi connectivity index (χ4n) is 2.82. The highest BCUT2D eigenvalue weighted by Crippen LogP contribution is 2.20. The Kier molecular flexibility index (Phi) is 3.96. The van der Waals surface area contributed by atoms with E-state index in [1.54, 1.807) is 31.2 Å². The lowest BCUT2D eigenvalue weighted by Crippen LogP contribution is -2.14. The fourth-order valence-corrected chi connectivity index (χ4v) is 2.82. The molecule has 0 saturated carbocycles. The van der Waals surface area contributed by atoms with Crippen LogP contribution in [0.4, 0.5) is 11.4 Å². The lowest BCUT2D eigenvalue weighted by atomic mass is 10.2. The van der Waals surface area contributed by atoms with E-state index < -0.39 is 10.8 Å². The molecule has 0 aliphatic rings.